The number of nitrogens with zero attached hydrogens (tertiary/aromatic N) is 1. The Kier molecular flexibility index (Phi) is 2.27. The van der Waals surface area contributed by atoms with Crippen molar-refractivity contribution in [2.24, 2.45) is 0 Å². The molecule has 1 saturated heterocycles. The summed E-state index contributed by atoms with van der Waals surface area (Å²) in [5.74, 6) is -5.87. The molecule has 0 radical (unpaired) electrons. The van der Waals surface area contributed by atoms with Crippen LogP contribution in [0.3, 0.4) is 0 Å². The van der Waals surface area contributed by atoms with Crippen molar-refractivity contribution in [3.63, 3.8) is 0 Å². The van der Waals surface area contributed by atoms with Crippen molar-refractivity contribution in [3.8, 4) is 0 Å². The van der Waals surface area contributed by atoms with E-state index in [2.05, 4.69) is 0 Å². The van der Waals surface area contributed by atoms with Gasteiger partial charge in [-0.05, 0) is 7.05 Å². The van der Waals surface area contributed by atoms with Crippen molar-refractivity contribution in [1.29, 1.82) is 0 Å². The maximum absolute atomic E-state index is 13.3. The van der Waals surface area contributed by atoms with Crippen molar-refractivity contribution in [3.05, 3.63) is 0 Å². The molecule has 1 heterocycles. The van der Waals surface area contributed by atoms with Crippen LogP contribution in [0.4, 0.5) is 13.2 Å². The second-order valence-electron chi connectivity index (χ2n) is 3.30. The number of hydrogen-bond acceptors (Lipinski definition) is 2. The van der Waals surface area contributed by atoms with Gasteiger partial charge in [0, 0.05) is 19.5 Å². The molecule has 1 rings (SSSR count). The van der Waals surface area contributed by atoms with Crippen LogP contribution in [0.25, 0.3) is 0 Å². The number of carboxylic acids is 1. The van der Waals surface area contributed by atoms with Crippen molar-refractivity contribution < 1.29 is 23.1 Å². The molecular formula is C7H10F3NO2. The van der Waals surface area contributed by atoms with Gasteiger partial charge in [-0.1, -0.05) is 0 Å². The predicted octanol–water partition coefficient (Wildman–Crippen LogP) is 0.750. The lowest BCUT2D eigenvalue weighted by Crippen LogP contribution is -2.61. The molecule has 1 N–H and O–H groups in total. The van der Waals surface area contributed by atoms with E-state index in [4.69, 9.17) is 5.11 Å². The van der Waals surface area contributed by atoms with E-state index in [0.29, 0.717) is 0 Å². The summed E-state index contributed by atoms with van der Waals surface area (Å²) in [5.41, 5.74) is -3.44. The molecule has 6 heteroatoms. The van der Waals surface area contributed by atoms with Gasteiger partial charge in [0.05, 0.1) is 0 Å². The van der Waals surface area contributed by atoms with Gasteiger partial charge in [0.1, 0.15) is 0 Å². The predicted molar refractivity (Wildman–Crippen MR) is 38.5 cm³/mol. The van der Waals surface area contributed by atoms with E-state index in [-0.39, 0.29) is 6.54 Å². The van der Waals surface area contributed by atoms with E-state index in [1.54, 1.807) is 0 Å². The number of rotatable bonds is 1. The summed E-state index contributed by atoms with van der Waals surface area (Å²) in [5, 5.41) is 8.37. The van der Waals surface area contributed by atoms with Crippen LogP contribution >= 0.6 is 0 Å². The first-order chi connectivity index (χ1) is 5.79. The molecular weight excluding hydrogens is 187 g/mol. The minimum Gasteiger partial charge on any atom is -0.479 e. The Balaban J connectivity index is 2.95. The average molecular weight is 197 g/mol. The van der Waals surface area contributed by atoms with Gasteiger partial charge < -0.3 is 10.0 Å². The van der Waals surface area contributed by atoms with Gasteiger partial charge in [-0.3, -0.25) is 0 Å². The Hall–Kier alpha value is -0.780. The molecule has 1 unspecified atom stereocenters. The van der Waals surface area contributed by atoms with Gasteiger partial charge in [0.25, 0.3) is 11.6 Å². The summed E-state index contributed by atoms with van der Waals surface area (Å²) in [6.45, 7) is -0.763. The summed E-state index contributed by atoms with van der Waals surface area (Å²) in [4.78, 5) is 11.6. The topological polar surface area (TPSA) is 40.5 Å². The molecule has 0 spiro atoms. The first kappa shape index (κ1) is 10.3. The van der Waals surface area contributed by atoms with Crippen molar-refractivity contribution >= 4 is 5.97 Å². The minimum atomic E-state index is -3.77. The average Bonchev–Trinajstić information content (AvgIpc) is 1.98. The highest BCUT2D eigenvalue weighted by Gasteiger charge is 2.62. The van der Waals surface area contributed by atoms with Gasteiger partial charge in [-0.15, -0.1) is 0 Å². The lowest BCUT2D eigenvalue weighted by molar-refractivity contribution is -0.201. The lowest BCUT2D eigenvalue weighted by atomic mass is 9.91. The minimum absolute atomic E-state index is 0.00590. The lowest BCUT2D eigenvalue weighted by Gasteiger charge is -2.38. The normalized spacial score (nSPS) is 34.5. The number of alkyl halides is 3. The Labute approximate surface area is 73.1 Å². The number of likely N-dealkylation sites (tertiary alicyclic amines) is 1. The van der Waals surface area contributed by atoms with Crippen LogP contribution < -0.4 is 0 Å². The zero-order chi connectivity index (χ0) is 10.3. The summed E-state index contributed by atoms with van der Waals surface area (Å²) < 4.78 is 39.1. The quantitative estimate of drug-likeness (QED) is 0.674. The third-order valence-electron chi connectivity index (χ3n) is 2.21. The fourth-order valence-electron chi connectivity index (χ4n) is 1.32. The second kappa shape index (κ2) is 2.87. The summed E-state index contributed by atoms with van der Waals surface area (Å²) in [6, 6.07) is 0. The van der Waals surface area contributed by atoms with E-state index in [1.165, 1.54) is 11.9 Å². The highest BCUT2D eigenvalue weighted by Crippen LogP contribution is 2.39. The fourth-order valence-corrected chi connectivity index (χ4v) is 1.32. The van der Waals surface area contributed by atoms with Crippen molar-refractivity contribution in [2.75, 3.05) is 20.1 Å². The number of carbonyl (C=O) groups is 1. The van der Waals surface area contributed by atoms with Crippen LogP contribution in [0.15, 0.2) is 0 Å². The molecule has 76 valence electrons. The molecule has 0 aromatic heterocycles. The highest BCUT2D eigenvalue weighted by molar-refractivity contribution is 5.79. The van der Waals surface area contributed by atoms with E-state index >= 15 is 0 Å². The van der Waals surface area contributed by atoms with Gasteiger partial charge in [0.2, 0.25) is 0 Å². The molecule has 13 heavy (non-hydrogen) atoms. The van der Waals surface area contributed by atoms with E-state index < -0.39 is 30.5 Å². The van der Waals surface area contributed by atoms with Gasteiger partial charge in [0.15, 0.2) is 0 Å². The fraction of sp³-hybridized carbons (Fsp3) is 0.857. The molecule has 1 aliphatic heterocycles. The van der Waals surface area contributed by atoms with Crippen molar-refractivity contribution in [2.45, 2.75) is 18.0 Å². The molecule has 1 atom stereocenters. The van der Waals surface area contributed by atoms with E-state index in [0.717, 1.165) is 0 Å². The monoisotopic (exact) mass is 197 g/mol. The Bertz CT molecular complexity index is 234. The highest BCUT2D eigenvalue weighted by atomic mass is 19.3. The molecule has 0 aromatic rings. The Morgan fingerprint density at radius 2 is 2.00 bits per heavy atom. The number of piperidine rings is 1. The standard InChI is InChI=1S/C7H10F3NO2/c1-11-3-2-7(9,10)6(8,4-11)5(12)13/h2-4H2,1H3,(H,12,13). The van der Waals surface area contributed by atoms with E-state index in [1.807, 2.05) is 0 Å². The zero-order valence-corrected chi connectivity index (χ0v) is 7.06. The van der Waals surface area contributed by atoms with E-state index in [9.17, 15) is 18.0 Å². The molecule has 0 aliphatic carbocycles. The smallest absolute Gasteiger partial charge is 0.349 e. The summed E-state index contributed by atoms with van der Waals surface area (Å²) in [6.07, 6.45) is -0.758. The third-order valence-corrected chi connectivity index (χ3v) is 2.21. The number of aliphatic carboxylic acids is 1. The number of halogens is 3. The number of carboxylic acid groups (broad SMARTS) is 1. The zero-order valence-electron chi connectivity index (χ0n) is 7.06. The summed E-state index contributed by atoms with van der Waals surface area (Å²) in [7, 11) is 1.41. The molecule has 1 fully saturated rings. The maximum atomic E-state index is 13.3. The molecule has 0 saturated carbocycles. The van der Waals surface area contributed by atoms with Crippen LogP contribution in [0, 0.1) is 0 Å². The van der Waals surface area contributed by atoms with Gasteiger partial charge in [-0.25, -0.2) is 18.0 Å². The van der Waals surface area contributed by atoms with Crippen molar-refractivity contribution in [1.82, 2.24) is 4.90 Å². The molecule has 0 amide bonds. The van der Waals surface area contributed by atoms with Crippen LogP contribution in [-0.2, 0) is 4.79 Å². The summed E-state index contributed by atoms with van der Waals surface area (Å²) >= 11 is 0. The first-order valence-electron chi connectivity index (χ1n) is 3.78. The maximum Gasteiger partial charge on any atom is 0.349 e. The molecule has 3 nitrogen and oxygen atoms in total. The SMILES string of the molecule is CN1CCC(F)(F)C(F)(C(=O)O)C1. The van der Waals surface area contributed by atoms with Crippen LogP contribution in [-0.4, -0.2) is 47.7 Å². The van der Waals surface area contributed by atoms with Crippen LogP contribution in [0.1, 0.15) is 6.42 Å². The van der Waals surface area contributed by atoms with Gasteiger partial charge >= 0.3 is 5.97 Å². The Morgan fingerprint density at radius 1 is 1.46 bits per heavy atom. The van der Waals surface area contributed by atoms with Crippen LogP contribution in [0.2, 0.25) is 0 Å². The van der Waals surface area contributed by atoms with Crippen LogP contribution in [0.5, 0.6) is 0 Å². The third kappa shape index (κ3) is 1.50. The molecule has 0 bridgehead atoms. The molecule has 1 aliphatic rings. The number of hydrogen-bond donors (Lipinski definition) is 1. The molecule has 0 aromatic carbocycles. The Morgan fingerprint density at radius 3 is 2.38 bits per heavy atom. The largest absolute Gasteiger partial charge is 0.479 e. The first-order valence-corrected chi connectivity index (χ1v) is 3.78. The second-order valence-corrected chi connectivity index (χ2v) is 3.30. The van der Waals surface area contributed by atoms with Gasteiger partial charge in [-0.2, -0.15) is 0 Å².